The fraction of sp³-hybridized carbons (Fsp3) is 0.462. The van der Waals surface area contributed by atoms with Crippen molar-refractivity contribution in [3.05, 3.63) is 35.7 Å². The maximum absolute atomic E-state index is 5.07. The van der Waals surface area contributed by atoms with E-state index in [-0.39, 0.29) is 0 Å². The molecular formula is C13H18N2O. The van der Waals surface area contributed by atoms with Gasteiger partial charge in [-0.05, 0) is 24.0 Å². The normalized spacial score (nSPS) is 11.5. The van der Waals surface area contributed by atoms with Crippen molar-refractivity contribution >= 4 is 5.52 Å². The third-order valence-corrected chi connectivity index (χ3v) is 2.82. The highest BCUT2D eigenvalue weighted by Crippen LogP contribution is 2.20. The molecule has 0 atom stereocenters. The number of ether oxygens (including phenoxy) is 1. The third kappa shape index (κ3) is 2.09. The van der Waals surface area contributed by atoms with Gasteiger partial charge < -0.3 is 4.74 Å². The fourth-order valence-electron chi connectivity index (χ4n) is 1.86. The van der Waals surface area contributed by atoms with Crippen molar-refractivity contribution in [3.63, 3.8) is 0 Å². The van der Waals surface area contributed by atoms with E-state index in [9.17, 15) is 0 Å². The second kappa shape index (κ2) is 4.66. The highest BCUT2D eigenvalue weighted by atomic mass is 16.5. The Hall–Kier alpha value is -1.35. The maximum Gasteiger partial charge on any atom is 0.0696 e. The van der Waals surface area contributed by atoms with Crippen LogP contribution < -0.4 is 0 Å². The summed E-state index contributed by atoms with van der Waals surface area (Å²) in [6, 6.07) is 4.30. The summed E-state index contributed by atoms with van der Waals surface area (Å²) in [5.74, 6) is 0.516. The minimum Gasteiger partial charge on any atom is -0.384 e. The van der Waals surface area contributed by atoms with Gasteiger partial charge in [-0.3, -0.25) is 0 Å². The molecule has 0 bridgehead atoms. The monoisotopic (exact) mass is 218 g/mol. The van der Waals surface area contributed by atoms with Crippen molar-refractivity contribution in [1.82, 2.24) is 9.61 Å². The number of nitrogens with zero attached hydrogens (tertiary/aromatic N) is 2. The van der Waals surface area contributed by atoms with E-state index >= 15 is 0 Å². The van der Waals surface area contributed by atoms with Gasteiger partial charge in [0.25, 0.3) is 0 Å². The molecule has 0 unspecified atom stereocenters. The lowest BCUT2D eigenvalue weighted by Crippen LogP contribution is -1.97. The topological polar surface area (TPSA) is 26.5 Å². The van der Waals surface area contributed by atoms with Crippen molar-refractivity contribution in [3.8, 4) is 0 Å². The number of aromatic nitrogens is 2. The zero-order valence-corrected chi connectivity index (χ0v) is 10.1. The molecule has 3 nitrogen and oxygen atoms in total. The Bertz CT molecular complexity index is 474. The van der Waals surface area contributed by atoms with E-state index in [1.807, 2.05) is 10.7 Å². The van der Waals surface area contributed by atoms with Gasteiger partial charge in [-0.15, -0.1) is 0 Å². The van der Waals surface area contributed by atoms with Gasteiger partial charge >= 0.3 is 0 Å². The second-order valence-electron chi connectivity index (χ2n) is 4.36. The predicted octanol–water partition coefficient (Wildman–Crippen LogP) is 2.65. The molecular weight excluding hydrogens is 200 g/mol. The van der Waals surface area contributed by atoms with Crippen molar-refractivity contribution in [2.75, 3.05) is 13.7 Å². The molecule has 0 aliphatic carbocycles. The number of methoxy groups -OCH3 is 1. The first-order valence-electron chi connectivity index (χ1n) is 5.67. The van der Waals surface area contributed by atoms with E-state index in [1.165, 1.54) is 16.6 Å². The van der Waals surface area contributed by atoms with Crippen LogP contribution in [0.2, 0.25) is 0 Å². The SMILES string of the molecule is COCCc1ccc2c(C(C)C)cnn2c1. The van der Waals surface area contributed by atoms with Crippen LogP contribution in [0, 0.1) is 0 Å². The fourth-order valence-corrected chi connectivity index (χ4v) is 1.86. The lowest BCUT2D eigenvalue weighted by atomic mass is 10.1. The Labute approximate surface area is 96.0 Å². The third-order valence-electron chi connectivity index (χ3n) is 2.82. The van der Waals surface area contributed by atoms with Gasteiger partial charge in [0.2, 0.25) is 0 Å². The number of hydrogen-bond donors (Lipinski definition) is 0. The van der Waals surface area contributed by atoms with Crippen LogP contribution in [0.1, 0.15) is 30.9 Å². The molecule has 0 radical (unpaired) electrons. The van der Waals surface area contributed by atoms with Gasteiger partial charge in [-0.2, -0.15) is 5.10 Å². The second-order valence-corrected chi connectivity index (χ2v) is 4.36. The average Bonchev–Trinajstić information content (AvgIpc) is 2.69. The van der Waals surface area contributed by atoms with Gasteiger partial charge in [-0.1, -0.05) is 19.9 Å². The first-order chi connectivity index (χ1) is 7.72. The molecule has 0 saturated carbocycles. The van der Waals surface area contributed by atoms with E-state index in [4.69, 9.17) is 4.74 Å². The highest BCUT2D eigenvalue weighted by Gasteiger charge is 2.07. The van der Waals surface area contributed by atoms with Crippen molar-refractivity contribution in [2.24, 2.45) is 0 Å². The molecule has 0 aliphatic rings. The summed E-state index contributed by atoms with van der Waals surface area (Å²) in [4.78, 5) is 0. The molecule has 0 fully saturated rings. The molecule has 16 heavy (non-hydrogen) atoms. The molecule has 2 heterocycles. The summed E-state index contributed by atoms with van der Waals surface area (Å²) < 4.78 is 7.03. The Balaban J connectivity index is 2.33. The molecule has 0 spiro atoms. The molecule has 2 aromatic rings. The van der Waals surface area contributed by atoms with Gasteiger partial charge in [-0.25, -0.2) is 4.52 Å². The van der Waals surface area contributed by atoms with Crippen molar-refractivity contribution in [2.45, 2.75) is 26.2 Å². The van der Waals surface area contributed by atoms with Crippen LogP contribution in [0.3, 0.4) is 0 Å². The standard InChI is InChI=1S/C13H18N2O/c1-10(2)12-8-14-15-9-11(6-7-16-3)4-5-13(12)15/h4-5,8-10H,6-7H2,1-3H3. The van der Waals surface area contributed by atoms with Crippen molar-refractivity contribution in [1.29, 1.82) is 0 Å². The molecule has 0 amide bonds. The summed E-state index contributed by atoms with van der Waals surface area (Å²) in [6.45, 7) is 5.13. The van der Waals surface area contributed by atoms with Gasteiger partial charge in [0, 0.05) is 18.9 Å². The van der Waals surface area contributed by atoms with E-state index in [1.54, 1.807) is 7.11 Å². The van der Waals surface area contributed by atoms with E-state index < -0.39 is 0 Å². The molecule has 0 aromatic carbocycles. The van der Waals surface area contributed by atoms with Crippen LogP contribution >= 0.6 is 0 Å². The minimum absolute atomic E-state index is 0.516. The van der Waals surface area contributed by atoms with Crippen LogP contribution in [0.25, 0.3) is 5.52 Å². The van der Waals surface area contributed by atoms with Crippen LogP contribution in [-0.2, 0) is 11.2 Å². The Morgan fingerprint density at radius 3 is 2.88 bits per heavy atom. The van der Waals surface area contributed by atoms with Gasteiger partial charge in [0.1, 0.15) is 0 Å². The molecule has 0 N–H and O–H groups in total. The molecule has 3 heteroatoms. The summed E-state index contributed by atoms with van der Waals surface area (Å²) >= 11 is 0. The van der Waals surface area contributed by atoms with E-state index in [0.29, 0.717) is 5.92 Å². The summed E-state index contributed by atoms with van der Waals surface area (Å²) in [5, 5.41) is 4.38. The summed E-state index contributed by atoms with van der Waals surface area (Å²) in [7, 11) is 1.73. The quantitative estimate of drug-likeness (QED) is 0.788. The first kappa shape index (κ1) is 11.1. The predicted molar refractivity (Wildman–Crippen MR) is 64.9 cm³/mol. The van der Waals surface area contributed by atoms with Gasteiger partial charge in [0.05, 0.1) is 18.3 Å². The summed E-state index contributed by atoms with van der Waals surface area (Å²) in [5.41, 5.74) is 3.77. The lowest BCUT2D eigenvalue weighted by Gasteiger charge is -2.04. The highest BCUT2D eigenvalue weighted by molar-refractivity contribution is 5.55. The number of pyridine rings is 1. The maximum atomic E-state index is 5.07. The smallest absolute Gasteiger partial charge is 0.0696 e. The Morgan fingerprint density at radius 1 is 1.38 bits per heavy atom. The number of rotatable bonds is 4. The van der Waals surface area contributed by atoms with E-state index in [2.05, 4.69) is 37.3 Å². The first-order valence-corrected chi connectivity index (χ1v) is 5.67. The Morgan fingerprint density at radius 2 is 2.19 bits per heavy atom. The lowest BCUT2D eigenvalue weighted by molar-refractivity contribution is 0.202. The molecule has 86 valence electrons. The Kier molecular flexibility index (Phi) is 3.25. The van der Waals surface area contributed by atoms with Crippen LogP contribution in [-0.4, -0.2) is 23.3 Å². The van der Waals surface area contributed by atoms with Gasteiger partial charge in [0.15, 0.2) is 0 Å². The largest absolute Gasteiger partial charge is 0.384 e. The van der Waals surface area contributed by atoms with Crippen LogP contribution in [0.4, 0.5) is 0 Å². The molecule has 0 saturated heterocycles. The molecule has 2 aromatic heterocycles. The average molecular weight is 218 g/mol. The van der Waals surface area contributed by atoms with Crippen LogP contribution in [0.5, 0.6) is 0 Å². The number of hydrogen-bond acceptors (Lipinski definition) is 2. The number of fused-ring (bicyclic) bond motifs is 1. The molecule has 2 rings (SSSR count). The molecule has 0 aliphatic heterocycles. The summed E-state index contributed by atoms with van der Waals surface area (Å²) in [6.07, 6.45) is 4.98. The zero-order valence-electron chi connectivity index (χ0n) is 10.1. The van der Waals surface area contributed by atoms with Crippen LogP contribution in [0.15, 0.2) is 24.5 Å². The van der Waals surface area contributed by atoms with E-state index in [0.717, 1.165) is 13.0 Å². The minimum atomic E-state index is 0.516. The van der Waals surface area contributed by atoms with Crippen molar-refractivity contribution < 1.29 is 4.74 Å². The zero-order chi connectivity index (χ0) is 11.5.